The van der Waals surface area contributed by atoms with Crippen LogP contribution in [0.2, 0.25) is 0 Å². The van der Waals surface area contributed by atoms with Gasteiger partial charge in [-0.3, -0.25) is 10.1 Å². The lowest BCUT2D eigenvalue weighted by Crippen LogP contribution is -2.20. The van der Waals surface area contributed by atoms with Gasteiger partial charge in [0.05, 0.1) is 4.92 Å². The van der Waals surface area contributed by atoms with Gasteiger partial charge in [0.2, 0.25) is 5.82 Å². The molecule has 0 saturated carbocycles. The topological polar surface area (TPSA) is 71.3 Å². The lowest BCUT2D eigenvalue weighted by Gasteiger charge is -2.17. The Labute approximate surface area is 94.4 Å². The normalized spacial score (nSPS) is 9.94. The monoisotopic (exact) mass is 224 g/mol. The van der Waals surface area contributed by atoms with Crippen molar-refractivity contribution in [2.45, 2.75) is 13.3 Å². The molecule has 1 heterocycles. The van der Waals surface area contributed by atoms with Gasteiger partial charge < -0.3 is 10.2 Å². The largest absolute Gasteiger partial charge is 0.373 e. The first-order chi connectivity index (χ1) is 7.60. The molecule has 0 bridgehead atoms. The Bertz CT molecular complexity index is 381. The van der Waals surface area contributed by atoms with Crippen LogP contribution >= 0.6 is 0 Å². The summed E-state index contributed by atoms with van der Waals surface area (Å²) in [6.07, 6.45) is 0.916. The van der Waals surface area contributed by atoms with Gasteiger partial charge in [-0.05, 0) is 12.5 Å². The smallest absolute Gasteiger partial charge is 0.311 e. The molecule has 0 amide bonds. The molecule has 1 rings (SSSR count). The predicted molar refractivity (Wildman–Crippen MR) is 64.0 cm³/mol. The minimum atomic E-state index is -0.409. The van der Waals surface area contributed by atoms with E-state index in [4.69, 9.17) is 0 Å². The van der Waals surface area contributed by atoms with Gasteiger partial charge in [0.25, 0.3) is 0 Å². The zero-order valence-corrected chi connectivity index (χ0v) is 9.73. The molecule has 0 fully saturated rings. The summed E-state index contributed by atoms with van der Waals surface area (Å²) in [6.45, 7) is 2.76. The number of hydrogen-bond donors (Lipinski definition) is 1. The van der Waals surface area contributed by atoms with Crippen molar-refractivity contribution in [2.75, 3.05) is 30.9 Å². The van der Waals surface area contributed by atoms with Crippen LogP contribution in [0.15, 0.2) is 12.1 Å². The molecule has 1 N–H and O–H groups in total. The lowest BCUT2D eigenvalue weighted by atomic mass is 10.3. The second kappa shape index (κ2) is 5.29. The standard InChI is InChI=1S/C10H16N4O2/c1-4-7-13(3)10-8(14(15)16)5-6-9(11-2)12-10/h5-6H,4,7H2,1-3H3,(H,11,12). The van der Waals surface area contributed by atoms with Crippen molar-refractivity contribution < 1.29 is 4.92 Å². The molecule has 0 aliphatic heterocycles. The van der Waals surface area contributed by atoms with Gasteiger partial charge >= 0.3 is 5.69 Å². The van der Waals surface area contributed by atoms with E-state index in [2.05, 4.69) is 10.3 Å². The number of hydrogen-bond acceptors (Lipinski definition) is 5. The third kappa shape index (κ3) is 2.59. The highest BCUT2D eigenvalue weighted by Crippen LogP contribution is 2.26. The van der Waals surface area contributed by atoms with Crippen LogP contribution in [0.25, 0.3) is 0 Å². The quantitative estimate of drug-likeness (QED) is 0.610. The number of rotatable bonds is 5. The van der Waals surface area contributed by atoms with Gasteiger partial charge in [-0.25, -0.2) is 4.98 Å². The molecule has 88 valence electrons. The highest BCUT2D eigenvalue weighted by atomic mass is 16.6. The fourth-order valence-electron chi connectivity index (χ4n) is 1.44. The van der Waals surface area contributed by atoms with Crippen LogP contribution in [0.1, 0.15) is 13.3 Å². The van der Waals surface area contributed by atoms with Gasteiger partial charge in [0, 0.05) is 26.7 Å². The maximum atomic E-state index is 10.8. The Morgan fingerprint density at radius 1 is 1.56 bits per heavy atom. The Hall–Kier alpha value is -1.85. The number of pyridine rings is 1. The fourth-order valence-corrected chi connectivity index (χ4v) is 1.44. The molecule has 0 aliphatic carbocycles. The van der Waals surface area contributed by atoms with Crippen LogP contribution in [-0.2, 0) is 0 Å². The molecule has 0 aromatic carbocycles. The van der Waals surface area contributed by atoms with Crippen molar-refractivity contribution >= 4 is 17.3 Å². The molecule has 1 aromatic heterocycles. The molecule has 0 aliphatic rings. The molecule has 0 radical (unpaired) electrons. The van der Waals surface area contributed by atoms with Crippen LogP contribution in [0.5, 0.6) is 0 Å². The summed E-state index contributed by atoms with van der Waals surface area (Å²) in [4.78, 5) is 16.4. The molecule has 0 atom stereocenters. The molecular weight excluding hydrogens is 208 g/mol. The molecule has 16 heavy (non-hydrogen) atoms. The number of nitro groups is 1. The maximum absolute atomic E-state index is 10.8. The minimum Gasteiger partial charge on any atom is -0.373 e. The van der Waals surface area contributed by atoms with E-state index < -0.39 is 4.92 Å². The van der Waals surface area contributed by atoms with E-state index in [-0.39, 0.29) is 5.69 Å². The average molecular weight is 224 g/mol. The van der Waals surface area contributed by atoms with Crippen LogP contribution in [0.4, 0.5) is 17.3 Å². The highest BCUT2D eigenvalue weighted by molar-refractivity contribution is 5.61. The zero-order chi connectivity index (χ0) is 12.1. The molecule has 6 nitrogen and oxygen atoms in total. The van der Waals surface area contributed by atoms with Crippen LogP contribution in [-0.4, -0.2) is 30.5 Å². The first-order valence-electron chi connectivity index (χ1n) is 5.14. The Balaban J connectivity index is 3.14. The van der Waals surface area contributed by atoms with Gasteiger partial charge in [-0.15, -0.1) is 0 Å². The summed E-state index contributed by atoms with van der Waals surface area (Å²) >= 11 is 0. The van der Waals surface area contributed by atoms with Crippen molar-refractivity contribution in [1.29, 1.82) is 0 Å². The Morgan fingerprint density at radius 2 is 2.25 bits per heavy atom. The molecule has 0 unspecified atom stereocenters. The summed E-state index contributed by atoms with van der Waals surface area (Å²) in [6, 6.07) is 3.07. The van der Waals surface area contributed by atoms with Crippen molar-refractivity contribution in [3.05, 3.63) is 22.2 Å². The molecule has 0 saturated heterocycles. The highest BCUT2D eigenvalue weighted by Gasteiger charge is 2.18. The van der Waals surface area contributed by atoms with Gasteiger partial charge in [0.15, 0.2) is 0 Å². The fraction of sp³-hybridized carbons (Fsp3) is 0.500. The van der Waals surface area contributed by atoms with Gasteiger partial charge in [-0.2, -0.15) is 0 Å². The van der Waals surface area contributed by atoms with Crippen LogP contribution in [0, 0.1) is 10.1 Å². The minimum absolute atomic E-state index is 0.0370. The van der Waals surface area contributed by atoms with Crippen LogP contribution < -0.4 is 10.2 Å². The lowest BCUT2D eigenvalue weighted by molar-refractivity contribution is -0.384. The van der Waals surface area contributed by atoms with E-state index in [1.807, 2.05) is 6.92 Å². The predicted octanol–water partition coefficient (Wildman–Crippen LogP) is 1.88. The van der Waals surface area contributed by atoms with E-state index in [0.717, 1.165) is 13.0 Å². The van der Waals surface area contributed by atoms with Crippen molar-refractivity contribution in [2.24, 2.45) is 0 Å². The second-order valence-electron chi connectivity index (χ2n) is 3.47. The SMILES string of the molecule is CCCN(C)c1nc(NC)ccc1[N+](=O)[O-]. The number of nitrogens with zero attached hydrogens (tertiary/aromatic N) is 3. The summed E-state index contributed by atoms with van der Waals surface area (Å²) in [5, 5.41) is 13.7. The summed E-state index contributed by atoms with van der Waals surface area (Å²) in [5.41, 5.74) is 0.0370. The van der Waals surface area contributed by atoms with Crippen molar-refractivity contribution in [3.8, 4) is 0 Å². The van der Waals surface area contributed by atoms with Gasteiger partial charge in [0.1, 0.15) is 5.82 Å². The number of anilines is 2. The first kappa shape index (κ1) is 12.2. The Morgan fingerprint density at radius 3 is 2.75 bits per heavy atom. The van der Waals surface area contributed by atoms with E-state index >= 15 is 0 Å². The van der Waals surface area contributed by atoms with Crippen molar-refractivity contribution in [3.63, 3.8) is 0 Å². The van der Waals surface area contributed by atoms with E-state index in [9.17, 15) is 10.1 Å². The average Bonchev–Trinajstić information content (AvgIpc) is 2.28. The van der Waals surface area contributed by atoms with E-state index in [0.29, 0.717) is 11.6 Å². The van der Waals surface area contributed by atoms with Crippen LogP contribution in [0.3, 0.4) is 0 Å². The maximum Gasteiger partial charge on any atom is 0.311 e. The van der Waals surface area contributed by atoms with Crippen molar-refractivity contribution in [1.82, 2.24) is 4.98 Å². The zero-order valence-electron chi connectivity index (χ0n) is 9.73. The van der Waals surface area contributed by atoms with E-state index in [1.165, 1.54) is 6.07 Å². The Kier molecular flexibility index (Phi) is 4.04. The molecule has 0 spiro atoms. The summed E-state index contributed by atoms with van der Waals surface area (Å²) < 4.78 is 0. The number of aromatic nitrogens is 1. The first-order valence-corrected chi connectivity index (χ1v) is 5.14. The number of nitrogens with one attached hydrogen (secondary N) is 1. The molecule has 6 heteroatoms. The second-order valence-corrected chi connectivity index (χ2v) is 3.47. The summed E-state index contributed by atoms with van der Waals surface area (Å²) in [7, 11) is 3.54. The third-order valence-electron chi connectivity index (χ3n) is 2.23. The van der Waals surface area contributed by atoms with Gasteiger partial charge in [-0.1, -0.05) is 6.92 Å². The third-order valence-corrected chi connectivity index (χ3v) is 2.23. The summed E-state index contributed by atoms with van der Waals surface area (Å²) in [5.74, 6) is 1.03. The van der Waals surface area contributed by atoms with E-state index in [1.54, 1.807) is 25.1 Å². The molecule has 1 aromatic rings. The molecular formula is C10H16N4O2.